The third kappa shape index (κ3) is 3.16. The summed E-state index contributed by atoms with van der Waals surface area (Å²) in [5.74, 6) is -0.409. The monoisotopic (exact) mass is 330 g/mol. The fourth-order valence-corrected chi connectivity index (χ4v) is 2.08. The number of aryl methyl sites for hydroxylation is 1. The van der Waals surface area contributed by atoms with Gasteiger partial charge in [0, 0.05) is 18.7 Å². The highest BCUT2D eigenvalue weighted by atomic mass is 79.9. The molecule has 0 amide bonds. The molecule has 1 aromatic heterocycles. The average molecular weight is 331 g/mol. The molecule has 0 aliphatic rings. The molecule has 7 heteroatoms. The first-order chi connectivity index (χ1) is 9.13. The fourth-order valence-electron chi connectivity index (χ4n) is 1.71. The largest absolute Gasteiger partial charge is 0.317 e. The molecule has 0 fully saturated rings. The lowest BCUT2D eigenvalue weighted by Gasteiger charge is -2.08. The van der Waals surface area contributed by atoms with Crippen molar-refractivity contribution in [1.29, 1.82) is 0 Å². The molecule has 102 valence electrons. The van der Waals surface area contributed by atoms with Crippen molar-refractivity contribution in [2.45, 2.75) is 26.6 Å². The topological polar surface area (TPSA) is 42.7 Å². The van der Waals surface area contributed by atoms with Crippen LogP contribution in [0.1, 0.15) is 18.3 Å². The van der Waals surface area contributed by atoms with Crippen LogP contribution in [0.4, 0.5) is 8.78 Å². The number of hydrogen-bond acceptors (Lipinski definition) is 3. The van der Waals surface area contributed by atoms with Gasteiger partial charge in [-0.2, -0.15) is 0 Å². The van der Waals surface area contributed by atoms with Gasteiger partial charge >= 0.3 is 0 Å². The van der Waals surface area contributed by atoms with Gasteiger partial charge in [-0.15, -0.1) is 10.2 Å². The van der Waals surface area contributed by atoms with Crippen LogP contribution in [0.25, 0.3) is 0 Å². The Morgan fingerprint density at radius 2 is 2.11 bits per heavy atom. The minimum Gasteiger partial charge on any atom is -0.317 e. The zero-order valence-electron chi connectivity index (χ0n) is 10.3. The van der Waals surface area contributed by atoms with Gasteiger partial charge < -0.3 is 9.88 Å². The minimum absolute atomic E-state index is 0.0111. The summed E-state index contributed by atoms with van der Waals surface area (Å²) in [6, 6.07) is 2.58. The summed E-state index contributed by atoms with van der Waals surface area (Å²) in [5, 5.41) is 10.7. The third-order valence-electron chi connectivity index (χ3n) is 2.76. The van der Waals surface area contributed by atoms with E-state index in [1.165, 1.54) is 12.1 Å². The van der Waals surface area contributed by atoms with Gasteiger partial charge in [-0.1, -0.05) is 0 Å². The maximum Gasteiger partial charge on any atom is 0.146 e. The van der Waals surface area contributed by atoms with Crippen molar-refractivity contribution in [3.63, 3.8) is 0 Å². The van der Waals surface area contributed by atoms with Crippen molar-refractivity contribution < 1.29 is 8.78 Å². The molecule has 0 spiro atoms. The summed E-state index contributed by atoms with van der Waals surface area (Å²) in [5.41, 5.74) is 0.0111. The maximum absolute atomic E-state index is 13.7. The smallest absolute Gasteiger partial charge is 0.146 e. The number of nitrogens with zero attached hydrogens (tertiary/aromatic N) is 3. The van der Waals surface area contributed by atoms with E-state index in [1.807, 2.05) is 11.5 Å². The molecule has 19 heavy (non-hydrogen) atoms. The molecule has 0 atom stereocenters. The molecular weight excluding hydrogens is 318 g/mol. The molecule has 0 saturated heterocycles. The Hall–Kier alpha value is -1.34. The van der Waals surface area contributed by atoms with Crippen molar-refractivity contribution in [2.75, 3.05) is 0 Å². The Balaban J connectivity index is 2.02. The Labute approximate surface area is 118 Å². The van der Waals surface area contributed by atoms with Gasteiger partial charge in [0.2, 0.25) is 0 Å². The molecule has 0 aliphatic heterocycles. The van der Waals surface area contributed by atoms with E-state index in [0.717, 1.165) is 12.4 Å². The second kappa shape index (κ2) is 6.21. The quantitative estimate of drug-likeness (QED) is 0.857. The SMILES string of the molecule is CCn1cnnc1CNCc1c(F)ccc(Br)c1F. The van der Waals surface area contributed by atoms with Crippen LogP contribution in [-0.2, 0) is 19.6 Å². The van der Waals surface area contributed by atoms with Crippen molar-refractivity contribution in [3.05, 3.63) is 46.0 Å². The Kier molecular flexibility index (Phi) is 4.60. The summed E-state index contributed by atoms with van der Waals surface area (Å²) >= 11 is 3.04. The van der Waals surface area contributed by atoms with Gasteiger partial charge in [-0.25, -0.2) is 8.78 Å². The summed E-state index contributed by atoms with van der Waals surface area (Å²) in [4.78, 5) is 0. The Bertz CT molecular complexity index is 571. The predicted octanol–water partition coefficient (Wildman–Crippen LogP) is 2.63. The van der Waals surface area contributed by atoms with Crippen LogP contribution in [-0.4, -0.2) is 14.8 Å². The number of benzene rings is 1. The van der Waals surface area contributed by atoms with Crippen LogP contribution in [0, 0.1) is 11.6 Å². The van der Waals surface area contributed by atoms with E-state index in [-0.39, 0.29) is 16.6 Å². The van der Waals surface area contributed by atoms with E-state index in [0.29, 0.717) is 6.54 Å². The van der Waals surface area contributed by atoms with Crippen molar-refractivity contribution in [2.24, 2.45) is 0 Å². The van der Waals surface area contributed by atoms with E-state index < -0.39 is 11.6 Å². The predicted molar refractivity (Wildman–Crippen MR) is 70.3 cm³/mol. The molecular formula is C12H13BrF2N4. The molecule has 4 nitrogen and oxygen atoms in total. The molecule has 2 rings (SSSR count). The van der Waals surface area contributed by atoms with E-state index in [2.05, 4.69) is 31.4 Å². The van der Waals surface area contributed by atoms with Gasteiger partial charge in [0.25, 0.3) is 0 Å². The maximum atomic E-state index is 13.7. The second-order valence-corrected chi connectivity index (χ2v) is 4.81. The Morgan fingerprint density at radius 3 is 2.84 bits per heavy atom. The molecule has 0 aliphatic carbocycles. The first-order valence-corrected chi connectivity index (χ1v) is 6.62. The van der Waals surface area contributed by atoms with Crippen LogP contribution < -0.4 is 5.32 Å². The summed E-state index contributed by atoms with van der Waals surface area (Å²) < 4.78 is 29.3. The van der Waals surface area contributed by atoms with E-state index >= 15 is 0 Å². The molecule has 0 radical (unpaired) electrons. The van der Waals surface area contributed by atoms with Gasteiger partial charge in [-0.3, -0.25) is 0 Å². The van der Waals surface area contributed by atoms with Crippen molar-refractivity contribution in [1.82, 2.24) is 20.1 Å². The van der Waals surface area contributed by atoms with Crippen molar-refractivity contribution >= 4 is 15.9 Å². The van der Waals surface area contributed by atoms with E-state index in [1.54, 1.807) is 6.33 Å². The average Bonchev–Trinajstić information content (AvgIpc) is 2.85. The van der Waals surface area contributed by atoms with Gasteiger partial charge in [0.15, 0.2) is 0 Å². The molecule has 1 aromatic carbocycles. The number of hydrogen-bond donors (Lipinski definition) is 1. The molecule has 0 unspecified atom stereocenters. The lowest BCUT2D eigenvalue weighted by atomic mass is 10.2. The molecule has 0 bridgehead atoms. The zero-order valence-corrected chi connectivity index (χ0v) is 11.9. The van der Waals surface area contributed by atoms with Gasteiger partial charge in [0.05, 0.1) is 11.0 Å². The van der Waals surface area contributed by atoms with Crippen LogP contribution in [0.2, 0.25) is 0 Å². The van der Waals surface area contributed by atoms with Crippen LogP contribution in [0.3, 0.4) is 0 Å². The molecule has 1 N–H and O–H groups in total. The molecule has 1 heterocycles. The van der Waals surface area contributed by atoms with Crippen molar-refractivity contribution in [3.8, 4) is 0 Å². The van der Waals surface area contributed by atoms with Gasteiger partial charge in [0.1, 0.15) is 23.8 Å². The number of rotatable bonds is 5. The number of halogens is 3. The van der Waals surface area contributed by atoms with E-state index in [4.69, 9.17) is 0 Å². The molecule has 2 aromatic rings. The van der Waals surface area contributed by atoms with Crippen LogP contribution in [0.5, 0.6) is 0 Å². The molecule has 0 saturated carbocycles. The standard InChI is InChI=1S/C12H13BrF2N4/c1-2-19-7-17-18-11(19)6-16-5-8-10(14)4-3-9(13)12(8)15/h3-4,7,16H,2,5-6H2,1H3. The highest BCUT2D eigenvalue weighted by Gasteiger charge is 2.12. The lowest BCUT2D eigenvalue weighted by Crippen LogP contribution is -2.18. The van der Waals surface area contributed by atoms with E-state index in [9.17, 15) is 8.78 Å². The lowest BCUT2D eigenvalue weighted by molar-refractivity contribution is 0.524. The number of aromatic nitrogens is 3. The van der Waals surface area contributed by atoms with Gasteiger partial charge in [-0.05, 0) is 35.0 Å². The van der Waals surface area contributed by atoms with Crippen LogP contribution in [0.15, 0.2) is 22.9 Å². The Morgan fingerprint density at radius 1 is 1.32 bits per heavy atom. The normalized spacial score (nSPS) is 10.9. The summed E-state index contributed by atoms with van der Waals surface area (Å²) in [7, 11) is 0. The number of nitrogens with one attached hydrogen (secondary N) is 1. The second-order valence-electron chi connectivity index (χ2n) is 3.96. The van der Waals surface area contributed by atoms with Crippen LogP contribution >= 0.6 is 15.9 Å². The summed E-state index contributed by atoms with van der Waals surface area (Å²) in [6.45, 7) is 3.22. The highest BCUT2D eigenvalue weighted by Crippen LogP contribution is 2.21. The first kappa shape index (κ1) is 14.1. The zero-order chi connectivity index (χ0) is 13.8. The first-order valence-electron chi connectivity index (χ1n) is 5.83. The fraction of sp³-hybridized carbons (Fsp3) is 0.333. The minimum atomic E-state index is -0.579. The highest BCUT2D eigenvalue weighted by molar-refractivity contribution is 9.10. The third-order valence-corrected chi connectivity index (χ3v) is 3.37. The summed E-state index contributed by atoms with van der Waals surface area (Å²) in [6.07, 6.45) is 1.62.